The number of benzene rings is 1. The van der Waals surface area contributed by atoms with Crippen LogP contribution in [0.4, 0.5) is 15.9 Å². The van der Waals surface area contributed by atoms with Crippen LogP contribution in [0.25, 0.3) is 0 Å². The van der Waals surface area contributed by atoms with E-state index in [1.165, 1.54) is 12.1 Å². The number of fused-ring (bicyclic) bond motifs is 1. The molecule has 1 unspecified atom stereocenters. The van der Waals surface area contributed by atoms with E-state index in [9.17, 15) is 9.18 Å². The Kier molecular flexibility index (Phi) is 6.09. The third-order valence-electron chi connectivity index (χ3n) is 6.08. The van der Waals surface area contributed by atoms with Gasteiger partial charge in [0, 0.05) is 38.9 Å². The van der Waals surface area contributed by atoms with Gasteiger partial charge < -0.3 is 9.80 Å². The number of carbonyl (C=O) groups excluding carboxylic acids is 1. The second kappa shape index (κ2) is 8.91. The second-order valence-electron chi connectivity index (χ2n) is 7.88. The topological polar surface area (TPSA) is 39.7 Å². The van der Waals surface area contributed by atoms with Gasteiger partial charge in [-0.3, -0.25) is 9.69 Å². The first-order chi connectivity index (χ1) is 14.2. The molecule has 0 N–H and O–H groups in total. The molecule has 2 aromatic rings. The van der Waals surface area contributed by atoms with Crippen LogP contribution in [0.5, 0.6) is 0 Å². The molecule has 4 rings (SSSR count). The number of aromatic nitrogens is 1. The van der Waals surface area contributed by atoms with Gasteiger partial charge in [0.15, 0.2) is 0 Å². The van der Waals surface area contributed by atoms with Crippen molar-refractivity contribution in [1.29, 1.82) is 0 Å². The van der Waals surface area contributed by atoms with Crippen LogP contribution >= 0.6 is 0 Å². The number of anilines is 2. The number of amides is 1. The molecule has 0 saturated carbocycles. The van der Waals surface area contributed by atoms with E-state index in [1.54, 1.807) is 11.0 Å². The van der Waals surface area contributed by atoms with Crippen molar-refractivity contribution in [2.75, 3.05) is 49.1 Å². The van der Waals surface area contributed by atoms with Gasteiger partial charge in [-0.05, 0) is 55.6 Å². The van der Waals surface area contributed by atoms with E-state index in [2.05, 4.69) is 20.9 Å². The highest BCUT2D eigenvalue weighted by molar-refractivity contribution is 6.04. The van der Waals surface area contributed by atoms with Gasteiger partial charge in [-0.2, -0.15) is 0 Å². The van der Waals surface area contributed by atoms with Crippen molar-refractivity contribution in [2.24, 2.45) is 0 Å². The number of unbranched alkanes of at least 4 members (excludes halogenated alkanes) is 1. The molecule has 0 bridgehead atoms. The molecule has 5 nitrogen and oxygen atoms in total. The lowest BCUT2D eigenvalue weighted by Gasteiger charge is -2.35. The molecule has 1 aromatic carbocycles. The molecule has 3 heterocycles. The van der Waals surface area contributed by atoms with E-state index in [-0.39, 0.29) is 17.6 Å². The number of pyridine rings is 1. The van der Waals surface area contributed by atoms with Crippen molar-refractivity contribution in [3.8, 4) is 0 Å². The number of rotatable bonds is 7. The second-order valence-corrected chi connectivity index (χ2v) is 7.88. The Balaban J connectivity index is 1.24. The smallest absolute Gasteiger partial charge is 0.234 e. The van der Waals surface area contributed by atoms with Crippen molar-refractivity contribution in [3.63, 3.8) is 0 Å². The van der Waals surface area contributed by atoms with Crippen molar-refractivity contribution in [1.82, 2.24) is 9.88 Å². The zero-order valence-corrected chi connectivity index (χ0v) is 17.1. The Hall–Kier alpha value is -2.47. The van der Waals surface area contributed by atoms with Crippen molar-refractivity contribution < 1.29 is 9.18 Å². The molecule has 6 heteroatoms. The van der Waals surface area contributed by atoms with Crippen molar-refractivity contribution in [2.45, 2.75) is 32.1 Å². The summed E-state index contributed by atoms with van der Waals surface area (Å²) >= 11 is 0. The van der Waals surface area contributed by atoms with E-state index in [4.69, 9.17) is 0 Å². The highest BCUT2D eigenvalue weighted by Crippen LogP contribution is 2.39. The lowest BCUT2D eigenvalue weighted by Crippen LogP contribution is -2.47. The average Bonchev–Trinajstić information content (AvgIpc) is 3.02. The molecule has 0 radical (unpaired) electrons. The number of hydrogen-bond acceptors (Lipinski definition) is 4. The number of nitrogens with zero attached hydrogens (tertiary/aromatic N) is 4. The van der Waals surface area contributed by atoms with Gasteiger partial charge in [0.05, 0.1) is 11.6 Å². The number of carbonyl (C=O) groups is 1. The third kappa shape index (κ3) is 4.27. The molecule has 1 aromatic heterocycles. The van der Waals surface area contributed by atoms with Crippen LogP contribution in [-0.2, 0) is 4.79 Å². The summed E-state index contributed by atoms with van der Waals surface area (Å²) in [4.78, 5) is 23.8. The fourth-order valence-electron chi connectivity index (χ4n) is 4.46. The molecule has 0 aliphatic carbocycles. The molecule has 0 spiro atoms. The van der Waals surface area contributed by atoms with Crippen LogP contribution in [0.2, 0.25) is 0 Å². The quantitative estimate of drug-likeness (QED) is 0.670. The Morgan fingerprint density at radius 2 is 1.86 bits per heavy atom. The first-order valence-corrected chi connectivity index (χ1v) is 10.7. The fraction of sp³-hybridized carbons (Fsp3) is 0.478. The molecule has 1 fully saturated rings. The van der Waals surface area contributed by atoms with Crippen LogP contribution in [0, 0.1) is 5.82 Å². The lowest BCUT2D eigenvalue weighted by molar-refractivity contribution is -0.119. The molecule has 154 valence electrons. The minimum atomic E-state index is -0.274. The van der Waals surface area contributed by atoms with Gasteiger partial charge in [0.2, 0.25) is 5.91 Å². The standard InChI is InChI=1S/C23H29FN4O/c1-2-19-20-9-8-18(24)17-21(20)28(23(19)29)12-6-5-11-26-13-15-27(16-14-26)22-7-3-4-10-25-22/h3-4,7-10,17,19H,2,5-6,11-16H2,1H3. The minimum absolute atomic E-state index is 0.120. The first-order valence-electron chi connectivity index (χ1n) is 10.7. The Labute approximate surface area is 172 Å². The van der Waals surface area contributed by atoms with Crippen LogP contribution in [0.15, 0.2) is 42.6 Å². The maximum Gasteiger partial charge on any atom is 0.234 e. The summed E-state index contributed by atoms with van der Waals surface area (Å²) in [5, 5.41) is 0. The molecule has 1 amide bonds. The first kappa shape index (κ1) is 19.8. The van der Waals surface area contributed by atoms with Crippen molar-refractivity contribution in [3.05, 3.63) is 54.0 Å². The minimum Gasteiger partial charge on any atom is -0.354 e. The lowest BCUT2D eigenvalue weighted by atomic mass is 9.98. The third-order valence-corrected chi connectivity index (χ3v) is 6.08. The zero-order chi connectivity index (χ0) is 20.2. The summed E-state index contributed by atoms with van der Waals surface area (Å²) in [5.41, 5.74) is 1.75. The Bertz CT molecular complexity index is 836. The monoisotopic (exact) mass is 396 g/mol. The summed E-state index contributed by atoms with van der Waals surface area (Å²) < 4.78 is 13.7. The van der Waals surface area contributed by atoms with Crippen LogP contribution in [0.1, 0.15) is 37.7 Å². The fourth-order valence-corrected chi connectivity index (χ4v) is 4.46. The van der Waals surface area contributed by atoms with Gasteiger partial charge in [0.1, 0.15) is 11.6 Å². The van der Waals surface area contributed by atoms with Crippen LogP contribution in [-0.4, -0.2) is 55.1 Å². The predicted octanol–water partition coefficient (Wildman–Crippen LogP) is 3.66. The van der Waals surface area contributed by atoms with E-state index in [0.717, 1.165) is 69.1 Å². The van der Waals surface area contributed by atoms with E-state index in [0.29, 0.717) is 6.54 Å². The van der Waals surface area contributed by atoms with Gasteiger partial charge in [-0.1, -0.05) is 19.1 Å². The summed E-state index contributed by atoms with van der Waals surface area (Å²) in [6, 6.07) is 10.8. The number of hydrogen-bond donors (Lipinski definition) is 0. The maximum atomic E-state index is 13.7. The number of halogens is 1. The average molecular weight is 397 g/mol. The summed E-state index contributed by atoms with van der Waals surface area (Å²) in [6.45, 7) is 7.77. The number of piperazine rings is 1. The van der Waals surface area contributed by atoms with Crippen molar-refractivity contribution >= 4 is 17.4 Å². The van der Waals surface area contributed by atoms with Gasteiger partial charge in [-0.25, -0.2) is 9.37 Å². The molecule has 2 aliphatic heterocycles. The maximum absolute atomic E-state index is 13.7. The van der Waals surface area contributed by atoms with E-state index < -0.39 is 0 Å². The Morgan fingerprint density at radius 1 is 1.07 bits per heavy atom. The van der Waals surface area contributed by atoms with E-state index >= 15 is 0 Å². The molecular formula is C23H29FN4O. The van der Waals surface area contributed by atoms with E-state index in [1.807, 2.05) is 25.3 Å². The largest absolute Gasteiger partial charge is 0.354 e. The summed E-state index contributed by atoms with van der Waals surface area (Å²) in [7, 11) is 0. The molecule has 1 atom stereocenters. The SMILES string of the molecule is CCC1C(=O)N(CCCCN2CCN(c3ccccn3)CC2)c2cc(F)ccc21. The van der Waals surface area contributed by atoms with Crippen LogP contribution in [0.3, 0.4) is 0 Å². The summed E-state index contributed by atoms with van der Waals surface area (Å²) in [5.74, 6) is 0.780. The molecular weight excluding hydrogens is 367 g/mol. The molecule has 2 aliphatic rings. The molecule has 29 heavy (non-hydrogen) atoms. The van der Waals surface area contributed by atoms with Gasteiger partial charge in [-0.15, -0.1) is 0 Å². The highest BCUT2D eigenvalue weighted by atomic mass is 19.1. The van der Waals surface area contributed by atoms with Gasteiger partial charge in [0.25, 0.3) is 0 Å². The van der Waals surface area contributed by atoms with Gasteiger partial charge >= 0.3 is 0 Å². The summed E-state index contributed by atoms with van der Waals surface area (Å²) in [6.07, 6.45) is 4.57. The highest BCUT2D eigenvalue weighted by Gasteiger charge is 2.35. The zero-order valence-electron chi connectivity index (χ0n) is 17.1. The normalized spacial score (nSPS) is 19.7. The predicted molar refractivity (Wildman–Crippen MR) is 114 cm³/mol. The van der Waals surface area contributed by atoms with Crippen LogP contribution < -0.4 is 9.80 Å². The molecule has 1 saturated heterocycles. The Morgan fingerprint density at radius 3 is 2.59 bits per heavy atom.